The van der Waals surface area contributed by atoms with Gasteiger partial charge in [0.05, 0.1) is 10.9 Å². The molecular formula is C16H21Cl2N3O4S. The van der Waals surface area contributed by atoms with E-state index >= 15 is 0 Å². The molecule has 3 saturated heterocycles. The van der Waals surface area contributed by atoms with Gasteiger partial charge in [-0.05, 0) is 25.0 Å². The first-order chi connectivity index (χ1) is 11.6. The van der Waals surface area contributed by atoms with Crippen molar-refractivity contribution < 1.29 is 19.5 Å². The van der Waals surface area contributed by atoms with Gasteiger partial charge >= 0.3 is 5.97 Å². The Kier molecular flexibility index (Phi) is 6.65. The van der Waals surface area contributed by atoms with E-state index in [1.165, 1.54) is 11.8 Å². The maximum absolute atomic E-state index is 12.8. The molecule has 3 fully saturated rings. The van der Waals surface area contributed by atoms with Crippen molar-refractivity contribution >= 4 is 53.6 Å². The number of aliphatic carboxylic acids is 1. The van der Waals surface area contributed by atoms with Crippen LogP contribution in [0.2, 0.25) is 0 Å². The van der Waals surface area contributed by atoms with Crippen LogP contribution < -0.4 is 10.6 Å². The Labute approximate surface area is 167 Å². The number of thioether (sulfide) groups is 1. The van der Waals surface area contributed by atoms with Crippen LogP contribution in [0.15, 0.2) is 22.4 Å². The van der Waals surface area contributed by atoms with E-state index in [1.807, 2.05) is 4.90 Å². The predicted octanol–water partition coefficient (Wildman–Crippen LogP) is 0.900. The largest absolute Gasteiger partial charge is 0.477 e. The van der Waals surface area contributed by atoms with Crippen molar-refractivity contribution in [3.63, 3.8) is 0 Å². The summed E-state index contributed by atoms with van der Waals surface area (Å²) < 4.78 is 0. The second kappa shape index (κ2) is 8.21. The second-order valence-electron chi connectivity index (χ2n) is 6.52. The van der Waals surface area contributed by atoms with Crippen LogP contribution in [0.25, 0.3) is 0 Å². The molecule has 1 amide bonds. The Balaban J connectivity index is 0.00000121. The maximum atomic E-state index is 12.8. The molecule has 0 aromatic carbocycles. The van der Waals surface area contributed by atoms with Gasteiger partial charge in [0, 0.05) is 32.0 Å². The number of nitrogens with one attached hydrogen (secondary N) is 2. The number of hydrogen-bond acceptors (Lipinski definition) is 6. The average molecular weight is 422 g/mol. The molecule has 2 atom stereocenters. The normalized spacial score (nSPS) is 29.3. The first-order valence-corrected chi connectivity index (χ1v) is 9.09. The minimum Gasteiger partial charge on any atom is -0.477 e. The zero-order chi connectivity index (χ0) is 16.8. The van der Waals surface area contributed by atoms with E-state index in [9.17, 15) is 19.5 Å². The fourth-order valence-electron chi connectivity index (χ4n) is 3.91. The fourth-order valence-corrected chi connectivity index (χ4v) is 5.04. The van der Waals surface area contributed by atoms with Crippen molar-refractivity contribution in [2.24, 2.45) is 5.92 Å². The van der Waals surface area contributed by atoms with Crippen LogP contribution in [0.4, 0.5) is 0 Å². The number of halogens is 2. The number of carboxylic acids is 1. The average Bonchev–Trinajstić information content (AvgIpc) is 3.17. The standard InChI is InChI=1S/C16H19N3O4S.2ClH/c20-10-5-9(7-18-10)12(8-1-3-17-6-8)13-14(15(21)22)19-4-2-11(19)24-16(13)23;;/h9,11,17H,1-7H2,(H,18,20)(H,21,22);2*1H/b12-8+;;. The van der Waals surface area contributed by atoms with Crippen LogP contribution in [0.5, 0.6) is 0 Å². The van der Waals surface area contributed by atoms with E-state index in [1.54, 1.807) is 0 Å². The number of fused-ring (bicyclic) bond motifs is 1. The summed E-state index contributed by atoms with van der Waals surface area (Å²) in [4.78, 5) is 38.2. The number of carbonyl (C=O) groups is 3. The summed E-state index contributed by atoms with van der Waals surface area (Å²) in [6.07, 6.45) is 1.94. The molecule has 0 spiro atoms. The molecule has 4 heterocycles. The van der Waals surface area contributed by atoms with Crippen LogP contribution in [0.1, 0.15) is 19.3 Å². The smallest absolute Gasteiger partial charge is 0.353 e. The van der Waals surface area contributed by atoms with E-state index in [2.05, 4.69) is 10.6 Å². The van der Waals surface area contributed by atoms with Gasteiger partial charge in [-0.3, -0.25) is 9.59 Å². The highest BCUT2D eigenvalue weighted by atomic mass is 35.5. The van der Waals surface area contributed by atoms with Gasteiger partial charge in [0.1, 0.15) is 5.70 Å². The first kappa shape index (κ1) is 21.1. The molecule has 4 aliphatic rings. The van der Waals surface area contributed by atoms with E-state index < -0.39 is 5.97 Å². The minimum atomic E-state index is -1.05. The molecule has 2 unspecified atom stereocenters. The Hall–Kier alpha value is -1.22. The van der Waals surface area contributed by atoms with Crippen LogP contribution in [-0.2, 0) is 14.4 Å². The lowest BCUT2D eigenvalue weighted by Gasteiger charge is -2.46. The number of rotatable bonds is 3. The lowest BCUT2D eigenvalue weighted by atomic mass is 9.85. The van der Waals surface area contributed by atoms with Gasteiger partial charge in [0.25, 0.3) is 0 Å². The van der Waals surface area contributed by atoms with Gasteiger partial charge in [0.2, 0.25) is 11.0 Å². The minimum absolute atomic E-state index is 0. The Morgan fingerprint density at radius 3 is 2.54 bits per heavy atom. The zero-order valence-electron chi connectivity index (χ0n) is 13.9. The van der Waals surface area contributed by atoms with Gasteiger partial charge in [-0.2, -0.15) is 0 Å². The molecule has 0 aromatic rings. The van der Waals surface area contributed by atoms with Gasteiger partial charge in [-0.15, -0.1) is 24.8 Å². The highest BCUT2D eigenvalue weighted by molar-refractivity contribution is 8.14. The van der Waals surface area contributed by atoms with Crippen molar-refractivity contribution in [3.8, 4) is 0 Å². The third-order valence-corrected chi connectivity index (χ3v) is 6.30. The maximum Gasteiger partial charge on any atom is 0.353 e. The molecule has 26 heavy (non-hydrogen) atoms. The van der Waals surface area contributed by atoms with Crippen LogP contribution in [0.3, 0.4) is 0 Å². The monoisotopic (exact) mass is 421 g/mol. The Morgan fingerprint density at radius 2 is 2.04 bits per heavy atom. The van der Waals surface area contributed by atoms with Crippen LogP contribution in [0, 0.1) is 5.92 Å². The summed E-state index contributed by atoms with van der Waals surface area (Å²) in [5, 5.41) is 15.6. The number of hydrogen-bond donors (Lipinski definition) is 3. The lowest BCUT2D eigenvalue weighted by molar-refractivity contribution is -0.135. The third-order valence-electron chi connectivity index (χ3n) is 5.12. The third kappa shape index (κ3) is 3.47. The molecule has 0 bridgehead atoms. The Morgan fingerprint density at radius 1 is 1.27 bits per heavy atom. The van der Waals surface area contributed by atoms with Gasteiger partial charge in [0.15, 0.2) is 0 Å². The highest BCUT2D eigenvalue weighted by Crippen LogP contribution is 2.45. The van der Waals surface area contributed by atoms with E-state index in [4.69, 9.17) is 0 Å². The molecule has 0 radical (unpaired) electrons. The molecule has 4 rings (SSSR count). The lowest BCUT2D eigenvalue weighted by Crippen LogP contribution is -2.51. The fraction of sp³-hybridized carbons (Fsp3) is 0.562. The van der Waals surface area contributed by atoms with E-state index in [0.29, 0.717) is 31.6 Å². The van der Waals surface area contributed by atoms with Crippen molar-refractivity contribution in [1.82, 2.24) is 15.5 Å². The number of nitrogens with zero attached hydrogens (tertiary/aromatic N) is 1. The molecule has 10 heteroatoms. The number of carbonyl (C=O) groups excluding carboxylic acids is 2. The number of amides is 1. The summed E-state index contributed by atoms with van der Waals surface area (Å²) in [6.45, 7) is 2.60. The van der Waals surface area contributed by atoms with Gasteiger partial charge in [-0.1, -0.05) is 17.3 Å². The molecular weight excluding hydrogens is 401 g/mol. The summed E-state index contributed by atoms with van der Waals surface area (Å²) in [5.74, 6) is -1.22. The predicted molar refractivity (Wildman–Crippen MR) is 102 cm³/mol. The van der Waals surface area contributed by atoms with E-state index in [0.717, 1.165) is 30.5 Å². The topological polar surface area (TPSA) is 98.7 Å². The van der Waals surface area contributed by atoms with E-state index in [-0.39, 0.29) is 52.8 Å². The number of carboxylic acid groups (broad SMARTS) is 1. The quantitative estimate of drug-likeness (QED) is 0.622. The summed E-state index contributed by atoms with van der Waals surface area (Å²) in [7, 11) is 0. The molecule has 7 nitrogen and oxygen atoms in total. The summed E-state index contributed by atoms with van der Waals surface area (Å²) >= 11 is 1.22. The van der Waals surface area contributed by atoms with Crippen molar-refractivity contribution in [3.05, 3.63) is 22.4 Å². The first-order valence-electron chi connectivity index (χ1n) is 8.21. The Bertz CT molecular complexity index is 702. The molecule has 4 aliphatic heterocycles. The van der Waals surface area contributed by atoms with Crippen molar-refractivity contribution in [2.75, 3.05) is 26.2 Å². The van der Waals surface area contributed by atoms with Crippen LogP contribution in [-0.4, -0.2) is 58.6 Å². The molecule has 0 aromatic heterocycles. The van der Waals surface area contributed by atoms with Gasteiger partial charge in [-0.25, -0.2) is 4.79 Å². The van der Waals surface area contributed by atoms with Crippen LogP contribution >= 0.6 is 36.6 Å². The molecule has 144 valence electrons. The van der Waals surface area contributed by atoms with Crippen molar-refractivity contribution in [1.29, 1.82) is 0 Å². The zero-order valence-corrected chi connectivity index (χ0v) is 16.4. The molecule has 0 saturated carbocycles. The highest BCUT2D eigenvalue weighted by Gasteiger charge is 2.45. The second-order valence-corrected chi connectivity index (χ2v) is 7.67. The molecule has 0 aliphatic carbocycles. The molecule has 3 N–H and O–H groups in total. The summed E-state index contributed by atoms with van der Waals surface area (Å²) in [5.41, 5.74) is 2.31. The van der Waals surface area contributed by atoms with Crippen molar-refractivity contribution in [2.45, 2.75) is 24.6 Å². The summed E-state index contributed by atoms with van der Waals surface area (Å²) in [6, 6.07) is 0. The SMILES string of the molecule is Cl.Cl.O=C1CC(/C(C2=C(C(=O)O)N3CCC3SC2=O)=C2/CCNC2)CN1. The van der Waals surface area contributed by atoms with Gasteiger partial charge < -0.3 is 20.6 Å².